The summed E-state index contributed by atoms with van der Waals surface area (Å²) in [5.41, 5.74) is 8.70. The van der Waals surface area contributed by atoms with Crippen LogP contribution in [0.1, 0.15) is 0 Å². The van der Waals surface area contributed by atoms with Gasteiger partial charge in [-0.15, -0.1) is 11.3 Å². The normalized spacial score (nSPS) is 10.8. The molecule has 0 aliphatic carbocycles. The Balaban J connectivity index is 2.19. The van der Waals surface area contributed by atoms with Crippen molar-refractivity contribution < 1.29 is 0 Å². The van der Waals surface area contributed by atoms with Crippen LogP contribution in [0.3, 0.4) is 0 Å². The van der Waals surface area contributed by atoms with Crippen LogP contribution in [0.4, 0.5) is 5.82 Å². The van der Waals surface area contributed by atoms with Crippen LogP contribution in [0.25, 0.3) is 21.7 Å². The van der Waals surface area contributed by atoms with Crippen molar-refractivity contribution in [1.82, 2.24) is 15.2 Å². The van der Waals surface area contributed by atoms with Gasteiger partial charge in [0.2, 0.25) is 0 Å². The van der Waals surface area contributed by atoms with Gasteiger partial charge in [0, 0.05) is 22.4 Å². The van der Waals surface area contributed by atoms with Gasteiger partial charge < -0.3 is 5.73 Å². The van der Waals surface area contributed by atoms with Crippen molar-refractivity contribution in [3.8, 4) is 21.7 Å². The topological polar surface area (TPSA) is 67.6 Å². The van der Waals surface area contributed by atoms with E-state index in [1.54, 1.807) is 23.7 Å². The van der Waals surface area contributed by atoms with Gasteiger partial charge in [0.15, 0.2) is 5.82 Å². The van der Waals surface area contributed by atoms with Crippen molar-refractivity contribution in [2.75, 3.05) is 5.73 Å². The number of aromatic amines is 1. The Labute approximate surface area is 130 Å². The van der Waals surface area contributed by atoms with E-state index in [2.05, 4.69) is 47.0 Å². The highest BCUT2D eigenvalue weighted by molar-refractivity contribution is 9.13. The van der Waals surface area contributed by atoms with E-state index in [0.717, 1.165) is 30.0 Å². The van der Waals surface area contributed by atoms with Gasteiger partial charge in [-0.2, -0.15) is 5.10 Å². The van der Waals surface area contributed by atoms with E-state index in [4.69, 9.17) is 5.73 Å². The lowest BCUT2D eigenvalue weighted by Crippen LogP contribution is -1.88. The molecule has 0 bridgehead atoms. The number of hydrogen-bond donors (Lipinski definition) is 2. The summed E-state index contributed by atoms with van der Waals surface area (Å²) in [5, 5.41) is 7.10. The fourth-order valence-electron chi connectivity index (χ4n) is 1.81. The maximum atomic E-state index is 5.97. The Kier molecular flexibility index (Phi) is 3.42. The van der Waals surface area contributed by atoms with E-state index in [1.807, 2.05) is 18.2 Å². The van der Waals surface area contributed by atoms with E-state index in [1.165, 1.54) is 0 Å². The fourth-order valence-corrected chi connectivity index (χ4v) is 3.84. The van der Waals surface area contributed by atoms with Gasteiger partial charge in [-0.1, -0.05) is 6.07 Å². The Bertz CT molecular complexity index is 701. The lowest BCUT2D eigenvalue weighted by atomic mass is 10.1. The van der Waals surface area contributed by atoms with Crippen molar-refractivity contribution in [2.24, 2.45) is 0 Å². The van der Waals surface area contributed by atoms with Gasteiger partial charge in [-0.25, -0.2) is 0 Å². The molecule has 19 heavy (non-hydrogen) atoms. The Hall–Kier alpha value is -1.18. The molecule has 3 aromatic rings. The lowest BCUT2D eigenvalue weighted by Gasteiger charge is -2.01. The molecule has 4 nitrogen and oxygen atoms in total. The van der Waals surface area contributed by atoms with Crippen LogP contribution in [0.15, 0.2) is 38.9 Å². The number of nitrogens with one attached hydrogen (secondary N) is 1. The van der Waals surface area contributed by atoms with Crippen LogP contribution in [0.2, 0.25) is 0 Å². The van der Waals surface area contributed by atoms with Crippen molar-refractivity contribution >= 4 is 49.0 Å². The molecule has 0 aliphatic rings. The van der Waals surface area contributed by atoms with E-state index < -0.39 is 0 Å². The number of nitrogen functional groups attached to an aromatic ring is 1. The molecule has 3 rings (SSSR count). The van der Waals surface area contributed by atoms with E-state index in [9.17, 15) is 0 Å². The zero-order valence-electron chi connectivity index (χ0n) is 9.52. The summed E-state index contributed by atoms with van der Waals surface area (Å²) < 4.78 is 2.05. The SMILES string of the molecule is Nc1n[nH]c(-c2cc(Br)c(Br)s2)c1-c1cccnc1. The van der Waals surface area contributed by atoms with E-state index in [0.29, 0.717) is 5.82 Å². The molecule has 96 valence electrons. The summed E-state index contributed by atoms with van der Waals surface area (Å²) in [6, 6.07) is 5.88. The molecule has 3 heterocycles. The molecule has 7 heteroatoms. The predicted molar refractivity (Wildman–Crippen MR) is 84.9 cm³/mol. The number of halogens is 2. The maximum absolute atomic E-state index is 5.97. The molecule has 0 aliphatic heterocycles. The minimum Gasteiger partial charge on any atom is -0.382 e. The van der Waals surface area contributed by atoms with Crippen molar-refractivity contribution in [2.45, 2.75) is 0 Å². The molecule has 0 aromatic carbocycles. The smallest absolute Gasteiger partial charge is 0.153 e. The summed E-state index contributed by atoms with van der Waals surface area (Å²) in [6.45, 7) is 0. The molecule has 3 aromatic heterocycles. The number of nitrogens with zero attached hydrogens (tertiary/aromatic N) is 2. The number of hydrogen-bond acceptors (Lipinski definition) is 4. The summed E-state index contributed by atoms with van der Waals surface area (Å²) in [4.78, 5) is 5.18. The highest BCUT2D eigenvalue weighted by Crippen LogP contribution is 2.42. The largest absolute Gasteiger partial charge is 0.382 e. The first-order valence-electron chi connectivity index (χ1n) is 5.36. The molecule has 0 saturated carbocycles. The van der Waals surface area contributed by atoms with Crippen LogP contribution in [0.5, 0.6) is 0 Å². The van der Waals surface area contributed by atoms with Gasteiger partial charge >= 0.3 is 0 Å². The number of pyridine rings is 1. The molecule has 0 fully saturated rings. The monoisotopic (exact) mass is 398 g/mol. The van der Waals surface area contributed by atoms with E-state index >= 15 is 0 Å². The second kappa shape index (κ2) is 5.07. The number of thiophene rings is 1. The average Bonchev–Trinajstić information content (AvgIpc) is 2.95. The van der Waals surface area contributed by atoms with Crippen molar-refractivity contribution in [1.29, 1.82) is 0 Å². The number of rotatable bonds is 2. The van der Waals surface area contributed by atoms with Crippen LogP contribution in [0, 0.1) is 0 Å². The first-order chi connectivity index (χ1) is 9.16. The van der Waals surface area contributed by atoms with Crippen molar-refractivity contribution in [3.63, 3.8) is 0 Å². The summed E-state index contributed by atoms with van der Waals surface area (Å²) >= 11 is 8.59. The first kappa shape index (κ1) is 12.8. The van der Waals surface area contributed by atoms with Crippen LogP contribution in [-0.4, -0.2) is 15.2 Å². The minimum absolute atomic E-state index is 0.476. The average molecular weight is 400 g/mol. The second-order valence-corrected chi connectivity index (χ2v) is 7.06. The number of aromatic nitrogens is 3. The summed E-state index contributed by atoms with van der Waals surface area (Å²) in [5.74, 6) is 0.476. The molecule has 0 spiro atoms. The number of nitrogens with two attached hydrogens (primary N) is 1. The number of H-pyrrole nitrogens is 1. The number of anilines is 1. The van der Waals surface area contributed by atoms with Gasteiger partial charge in [-0.05, 0) is 44.0 Å². The summed E-state index contributed by atoms with van der Waals surface area (Å²) in [7, 11) is 0. The lowest BCUT2D eigenvalue weighted by molar-refractivity contribution is 1.11. The third-order valence-corrected chi connectivity index (χ3v) is 5.91. The quantitative estimate of drug-likeness (QED) is 0.674. The Morgan fingerprint density at radius 3 is 2.79 bits per heavy atom. The standard InChI is InChI=1S/C12H8Br2N4S/c13-7-4-8(19-11(7)14)10-9(12(15)18-17-10)6-2-1-3-16-5-6/h1-5H,(H3,15,17,18). The van der Waals surface area contributed by atoms with Crippen LogP contribution in [-0.2, 0) is 0 Å². The maximum Gasteiger partial charge on any atom is 0.153 e. The molecule has 0 unspecified atom stereocenters. The first-order valence-corrected chi connectivity index (χ1v) is 7.76. The third kappa shape index (κ3) is 2.33. The second-order valence-electron chi connectivity index (χ2n) is 3.83. The summed E-state index contributed by atoms with van der Waals surface area (Å²) in [6.07, 6.45) is 3.51. The third-order valence-electron chi connectivity index (χ3n) is 2.64. The minimum atomic E-state index is 0.476. The molecule has 0 amide bonds. The van der Waals surface area contributed by atoms with Gasteiger partial charge in [0.1, 0.15) is 0 Å². The van der Waals surface area contributed by atoms with Gasteiger partial charge in [-0.3, -0.25) is 10.1 Å². The Morgan fingerprint density at radius 2 is 2.16 bits per heavy atom. The molecule has 3 N–H and O–H groups in total. The molecular formula is C12H8Br2N4S. The predicted octanol–water partition coefficient (Wildman–Crippen LogP) is 4.31. The van der Waals surface area contributed by atoms with Gasteiger partial charge in [0.25, 0.3) is 0 Å². The molecule has 0 saturated heterocycles. The molecule has 0 atom stereocenters. The highest BCUT2D eigenvalue weighted by atomic mass is 79.9. The van der Waals surface area contributed by atoms with Crippen LogP contribution >= 0.6 is 43.2 Å². The van der Waals surface area contributed by atoms with Crippen LogP contribution < -0.4 is 5.73 Å². The zero-order valence-corrected chi connectivity index (χ0v) is 13.5. The van der Waals surface area contributed by atoms with Crippen molar-refractivity contribution in [3.05, 3.63) is 38.9 Å². The zero-order chi connectivity index (χ0) is 13.4. The van der Waals surface area contributed by atoms with Gasteiger partial charge in [0.05, 0.1) is 19.9 Å². The molecule has 0 radical (unpaired) electrons. The van der Waals surface area contributed by atoms with E-state index in [-0.39, 0.29) is 0 Å². The highest BCUT2D eigenvalue weighted by Gasteiger charge is 2.17. The molecular weight excluding hydrogens is 392 g/mol. The fraction of sp³-hybridized carbons (Fsp3) is 0. The Morgan fingerprint density at radius 1 is 1.32 bits per heavy atom.